The van der Waals surface area contributed by atoms with Gasteiger partial charge in [0, 0.05) is 18.7 Å². The predicted molar refractivity (Wildman–Crippen MR) is 78.6 cm³/mol. The Labute approximate surface area is 116 Å². The third kappa shape index (κ3) is 5.88. The van der Waals surface area contributed by atoms with Gasteiger partial charge in [0.15, 0.2) is 5.78 Å². The topological polar surface area (TPSA) is 40.5 Å². The van der Waals surface area contributed by atoms with E-state index in [0.717, 1.165) is 13.1 Å². The van der Waals surface area contributed by atoms with Crippen LogP contribution in [0.15, 0.2) is 24.3 Å². The van der Waals surface area contributed by atoms with Crippen LogP contribution < -0.4 is 0 Å². The third-order valence-corrected chi connectivity index (χ3v) is 2.80. The van der Waals surface area contributed by atoms with E-state index in [9.17, 15) is 9.90 Å². The standard InChI is InChI=1S/C16H25NO2/c1-12(2)9-17(10-13(3)4)11-16(19)14-5-7-15(18)8-6-14/h5-8,12-13,18H,9-11H2,1-4H3. The highest BCUT2D eigenvalue weighted by molar-refractivity contribution is 5.97. The van der Waals surface area contributed by atoms with E-state index in [1.54, 1.807) is 24.3 Å². The lowest BCUT2D eigenvalue weighted by atomic mass is 10.1. The van der Waals surface area contributed by atoms with Gasteiger partial charge in [0.2, 0.25) is 0 Å². The number of phenolic OH excluding ortho intramolecular Hbond substituents is 1. The van der Waals surface area contributed by atoms with Gasteiger partial charge >= 0.3 is 0 Å². The molecule has 0 aliphatic heterocycles. The molecule has 1 aromatic rings. The Bertz CT molecular complexity index is 386. The van der Waals surface area contributed by atoms with Crippen LogP contribution >= 0.6 is 0 Å². The van der Waals surface area contributed by atoms with Crippen LogP contribution in [0.2, 0.25) is 0 Å². The Morgan fingerprint density at radius 1 is 1.05 bits per heavy atom. The molecule has 0 aromatic heterocycles. The van der Waals surface area contributed by atoms with Crippen molar-refractivity contribution in [3.63, 3.8) is 0 Å². The van der Waals surface area contributed by atoms with E-state index in [-0.39, 0.29) is 11.5 Å². The van der Waals surface area contributed by atoms with Crippen LogP contribution in [-0.2, 0) is 0 Å². The number of hydrogen-bond acceptors (Lipinski definition) is 3. The average molecular weight is 263 g/mol. The lowest BCUT2D eigenvalue weighted by Crippen LogP contribution is -2.35. The van der Waals surface area contributed by atoms with Gasteiger partial charge in [-0.25, -0.2) is 0 Å². The molecule has 0 aliphatic carbocycles. The van der Waals surface area contributed by atoms with E-state index in [1.807, 2.05) is 0 Å². The normalized spacial score (nSPS) is 11.5. The molecule has 3 nitrogen and oxygen atoms in total. The van der Waals surface area contributed by atoms with Gasteiger partial charge in [0.1, 0.15) is 5.75 Å². The zero-order chi connectivity index (χ0) is 14.4. The van der Waals surface area contributed by atoms with Crippen LogP contribution in [0.1, 0.15) is 38.1 Å². The molecule has 0 saturated carbocycles. The SMILES string of the molecule is CC(C)CN(CC(=O)c1ccc(O)cc1)CC(C)C. The molecule has 0 bridgehead atoms. The first-order valence-corrected chi connectivity index (χ1v) is 6.93. The van der Waals surface area contributed by atoms with Gasteiger partial charge in [0.25, 0.3) is 0 Å². The molecular weight excluding hydrogens is 238 g/mol. The Hall–Kier alpha value is -1.35. The van der Waals surface area contributed by atoms with Crippen LogP contribution in [0, 0.1) is 11.8 Å². The van der Waals surface area contributed by atoms with E-state index in [4.69, 9.17) is 0 Å². The van der Waals surface area contributed by atoms with Gasteiger partial charge in [-0.1, -0.05) is 27.7 Å². The fraction of sp³-hybridized carbons (Fsp3) is 0.562. The van der Waals surface area contributed by atoms with Crippen molar-refractivity contribution >= 4 is 5.78 Å². The highest BCUT2D eigenvalue weighted by Gasteiger charge is 2.15. The summed E-state index contributed by atoms with van der Waals surface area (Å²) < 4.78 is 0. The van der Waals surface area contributed by atoms with Gasteiger partial charge in [-0.15, -0.1) is 0 Å². The summed E-state index contributed by atoms with van der Waals surface area (Å²) in [7, 11) is 0. The molecule has 0 atom stereocenters. The number of aromatic hydroxyl groups is 1. The largest absolute Gasteiger partial charge is 0.508 e. The molecule has 0 fully saturated rings. The maximum Gasteiger partial charge on any atom is 0.176 e. The predicted octanol–water partition coefficient (Wildman–Crippen LogP) is 3.19. The number of benzene rings is 1. The van der Waals surface area contributed by atoms with Gasteiger partial charge < -0.3 is 5.11 Å². The molecule has 0 unspecified atom stereocenters. The quantitative estimate of drug-likeness (QED) is 0.768. The van der Waals surface area contributed by atoms with Gasteiger partial charge in [-0.05, 0) is 36.1 Å². The minimum Gasteiger partial charge on any atom is -0.508 e. The lowest BCUT2D eigenvalue weighted by Gasteiger charge is -2.25. The Kier molecular flexibility index (Phi) is 6.03. The summed E-state index contributed by atoms with van der Waals surface area (Å²) >= 11 is 0. The summed E-state index contributed by atoms with van der Waals surface area (Å²) in [4.78, 5) is 14.4. The highest BCUT2D eigenvalue weighted by Crippen LogP contribution is 2.12. The van der Waals surface area contributed by atoms with Crippen molar-refractivity contribution in [3.05, 3.63) is 29.8 Å². The minimum absolute atomic E-state index is 0.112. The second-order valence-electron chi connectivity index (χ2n) is 5.95. The number of phenols is 1. The van der Waals surface area contributed by atoms with E-state index < -0.39 is 0 Å². The van der Waals surface area contributed by atoms with Crippen molar-refractivity contribution in [2.45, 2.75) is 27.7 Å². The minimum atomic E-state index is 0.112. The van der Waals surface area contributed by atoms with E-state index in [0.29, 0.717) is 23.9 Å². The molecule has 106 valence electrons. The van der Waals surface area contributed by atoms with Crippen molar-refractivity contribution in [2.24, 2.45) is 11.8 Å². The molecule has 0 aliphatic rings. The number of hydrogen-bond donors (Lipinski definition) is 1. The maximum atomic E-state index is 12.2. The molecule has 1 N–H and O–H groups in total. The summed E-state index contributed by atoms with van der Waals surface area (Å²) in [6, 6.07) is 6.48. The number of ketones is 1. The Morgan fingerprint density at radius 3 is 1.95 bits per heavy atom. The van der Waals surface area contributed by atoms with Gasteiger partial charge in [0.05, 0.1) is 6.54 Å². The van der Waals surface area contributed by atoms with Crippen LogP contribution in [0.3, 0.4) is 0 Å². The first-order chi connectivity index (χ1) is 8.88. The molecule has 1 rings (SSSR count). The first-order valence-electron chi connectivity index (χ1n) is 6.93. The summed E-state index contributed by atoms with van der Waals surface area (Å²) in [6.07, 6.45) is 0. The molecular formula is C16H25NO2. The average Bonchev–Trinajstić information content (AvgIpc) is 2.27. The number of rotatable bonds is 7. The molecule has 0 saturated heterocycles. The monoisotopic (exact) mass is 263 g/mol. The molecule has 0 radical (unpaired) electrons. The fourth-order valence-corrected chi connectivity index (χ4v) is 2.18. The number of Topliss-reactive ketones (excluding diaryl/α,β-unsaturated/α-hetero) is 1. The second kappa shape index (κ2) is 7.29. The van der Waals surface area contributed by atoms with Crippen molar-refractivity contribution in [3.8, 4) is 5.75 Å². The molecule has 19 heavy (non-hydrogen) atoms. The Balaban J connectivity index is 2.66. The Morgan fingerprint density at radius 2 is 1.53 bits per heavy atom. The maximum absolute atomic E-state index is 12.2. The second-order valence-corrected chi connectivity index (χ2v) is 5.95. The first kappa shape index (κ1) is 15.7. The summed E-state index contributed by atoms with van der Waals surface area (Å²) in [6.45, 7) is 11.0. The number of carbonyl (C=O) groups excluding carboxylic acids is 1. The highest BCUT2D eigenvalue weighted by atomic mass is 16.3. The number of nitrogens with zero attached hydrogens (tertiary/aromatic N) is 1. The van der Waals surface area contributed by atoms with E-state index in [2.05, 4.69) is 32.6 Å². The summed E-state index contributed by atoms with van der Waals surface area (Å²) in [5.74, 6) is 1.40. The zero-order valence-corrected chi connectivity index (χ0v) is 12.4. The summed E-state index contributed by atoms with van der Waals surface area (Å²) in [5.41, 5.74) is 0.662. The number of carbonyl (C=O) groups is 1. The fourth-order valence-electron chi connectivity index (χ4n) is 2.18. The third-order valence-electron chi connectivity index (χ3n) is 2.80. The van der Waals surface area contributed by atoms with Crippen LogP contribution in [0.4, 0.5) is 0 Å². The van der Waals surface area contributed by atoms with Crippen molar-refractivity contribution in [1.82, 2.24) is 4.90 Å². The van der Waals surface area contributed by atoms with Crippen LogP contribution in [-0.4, -0.2) is 35.4 Å². The van der Waals surface area contributed by atoms with E-state index in [1.165, 1.54) is 0 Å². The van der Waals surface area contributed by atoms with E-state index >= 15 is 0 Å². The summed E-state index contributed by atoms with van der Waals surface area (Å²) in [5, 5.41) is 9.24. The van der Waals surface area contributed by atoms with Crippen molar-refractivity contribution < 1.29 is 9.90 Å². The molecule has 0 amide bonds. The van der Waals surface area contributed by atoms with Crippen molar-refractivity contribution in [1.29, 1.82) is 0 Å². The molecule has 3 heteroatoms. The van der Waals surface area contributed by atoms with Gasteiger partial charge in [-0.2, -0.15) is 0 Å². The van der Waals surface area contributed by atoms with Crippen LogP contribution in [0.25, 0.3) is 0 Å². The molecule has 1 aromatic carbocycles. The molecule has 0 heterocycles. The van der Waals surface area contributed by atoms with Crippen LogP contribution in [0.5, 0.6) is 5.75 Å². The van der Waals surface area contributed by atoms with Crippen molar-refractivity contribution in [2.75, 3.05) is 19.6 Å². The smallest absolute Gasteiger partial charge is 0.176 e. The molecule has 0 spiro atoms. The lowest BCUT2D eigenvalue weighted by molar-refractivity contribution is 0.0912. The zero-order valence-electron chi connectivity index (χ0n) is 12.4. The van der Waals surface area contributed by atoms with Gasteiger partial charge in [-0.3, -0.25) is 9.69 Å².